The Bertz CT molecular complexity index is 1410. The molecule has 4 nitrogen and oxygen atoms in total. The molecule has 0 N–H and O–H groups in total. The highest BCUT2D eigenvalue weighted by molar-refractivity contribution is 6.31. The number of para-hydroxylation sites is 1. The second kappa shape index (κ2) is 8.62. The number of hydrazone groups is 1. The van der Waals surface area contributed by atoms with Gasteiger partial charge < -0.3 is 0 Å². The van der Waals surface area contributed by atoms with E-state index < -0.39 is 0 Å². The van der Waals surface area contributed by atoms with E-state index in [0.717, 1.165) is 44.6 Å². The molecule has 2 heterocycles. The molecule has 1 aliphatic rings. The Balaban J connectivity index is 1.73. The van der Waals surface area contributed by atoms with Crippen LogP contribution >= 0.6 is 23.2 Å². The fraction of sp³-hybridized carbons (Fsp3) is 0.148. The molecular formula is C27H21Cl2N3O. The van der Waals surface area contributed by atoms with Crippen molar-refractivity contribution in [1.29, 1.82) is 0 Å². The lowest BCUT2D eigenvalue weighted by Crippen LogP contribution is -2.24. The zero-order chi connectivity index (χ0) is 23.1. The Morgan fingerprint density at radius 2 is 1.64 bits per heavy atom. The van der Waals surface area contributed by atoms with Gasteiger partial charge in [0.15, 0.2) is 0 Å². The molecule has 164 valence electrons. The van der Waals surface area contributed by atoms with Crippen molar-refractivity contribution >= 4 is 45.7 Å². The maximum Gasteiger partial charge on any atom is 0.240 e. The third-order valence-electron chi connectivity index (χ3n) is 5.99. The Morgan fingerprint density at radius 1 is 0.939 bits per heavy atom. The summed E-state index contributed by atoms with van der Waals surface area (Å²) in [5.74, 6) is -0.130. The molecule has 0 bridgehead atoms. The second-order valence-electron chi connectivity index (χ2n) is 8.12. The Hall–Kier alpha value is -3.21. The topological polar surface area (TPSA) is 45.6 Å². The van der Waals surface area contributed by atoms with E-state index in [0.29, 0.717) is 16.5 Å². The van der Waals surface area contributed by atoms with E-state index >= 15 is 0 Å². The molecule has 0 saturated carbocycles. The van der Waals surface area contributed by atoms with Gasteiger partial charge in [-0.2, -0.15) is 5.10 Å². The number of aryl methyl sites for hydroxylation is 1. The van der Waals surface area contributed by atoms with Crippen LogP contribution in [0.1, 0.15) is 36.2 Å². The fourth-order valence-corrected chi connectivity index (χ4v) is 4.93. The summed E-state index contributed by atoms with van der Waals surface area (Å²) in [5, 5.41) is 8.67. The molecule has 4 aromatic rings. The molecular weight excluding hydrogens is 453 g/mol. The van der Waals surface area contributed by atoms with E-state index in [2.05, 4.69) is 6.07 Å². The Kier molecular flexibility index (Phi) is 5.65. The Morgan fingerprint density at radius 3 is 2.36 bits per heavy atom. The van der Waals surface area contributed by atoms with Gasteiger partial charge in [-0.3, -0.25) is 9.78 Å². The highest BCUT2D eigenvalue weighted by atomic mass is 35.5. The fourth-order valence-electron chi connectivity index (χ4n) is 4.54. The molecule has 1 atom stereocenters. The number of carbonyl (C=O) groups is 1. The minimum Gasteiger partial charge on any atom is -0.273 e. The zero-order valence-electron chi connectivity index (χ0n) is 18.2. The lowest BCUT2D eigenvalue weighted by molar-refractivity contribution is -0.130. The maximum atomic E-state index is 12.6. The number of amides is 1. The van der Waals surface area contributed by atoms with Crippen molar-refractivity contribution in [3.63, 3.8) is 0 Å². The average Bonchev–Trinajstić information content (AvgIpc) is 3.24. The number of rotatable bonds is 3. The third-order valence-corrected chi connectivity index (χ3v) is 6.59. The second-order valence-corrected chi connectivity index (χ2v) is 8.97. The minimum absolute atomic E-state index is 0.130. The number of nitrogens with zero attached hydrogens (tertiary/aromatic N) is 3. The van der Waals surface area contributed by atoms with Gasteiger partial charge in [-0.1, -0.05) is 71.7 Å². The van der Waals surface area contributed by atoms with Gasteiger partial charge >= 0.3 is 0 Å². The first-order valence-corrected chi connectivity index (χ1v) is 11.5. The molecule has 0 aliphatic carbocycles. The summed E-state index contributed by atoms with van der Waals surface area (Å²) in [7, 11) is 0. The number of pyridine rings is 1. The normalized spacial score (nSPS) is 15.7. The number of hydrogen-bond donors (Lipinski definition) is 0. The van der Waals surface area contributed by atoms with E-state index in [-0.39, 0.29) is 11.9 Å². The van der Waals surface area contributed by atoms with Gasteiger partial charge in [0, 0.05) is 45.6 Å². The van der Waals surface area contributed by atoms with E-state index in [9.17, 15) is 4.79 Å². The number of aromatic nitrogens is 1. The van der Waals surface area contributed by atoms with Crippen LogP contribution in [0.15, 0.2) is 77.9 Å². The van der Waals surface area contributed by atoms with E-state index in [4.69, 9.17) is 33.3 Å². The van der Waals surface area contributed by atoms with Crippen molar-refractivity contribution < 1.29 is 4.79 Å². The molecule has 1 unspecified atom stereocenters. The standard InChI is InChI=1S/C27H21Cl2N3O/c1-16-26(24-15-25(32(31-24)17(2)33)20-7-3-5-9-22(20)29)27(18-11-13-19(28)14-12-18)21-8-4-6-10-23(21)30-16/h3-14,25H,15H2,1-2H3. The predicted molar refractivity (Wildman–Crippen MR) is 135 cm³/mol. The van der Waals surface area contributed by atoms with Gasteiger partial charge in [0.05, 0.1) is 17.3 Å². The third kappa shape index (κ3) is 3.90. The molecule has 6 heteroatoms. The molecule has 0 saturated heterocycles. The van der Waals surface area contributed by atoms with Crippen LogP contribution in [0.5, 0.6) is 0 Å². The van der Waals surface area contributed by atoms with Crippen LogP contribution in [-0.2, 0) is 4.79 Å². The summed E-state index contributed by atoms with van der Waals surface area (Å²) in [4.78, 5) is 17.4. The van der Waals surface area contributed by atoms with Crippen molar-refractivity contribution in [3.05, 3.63) is 99.7 Å². The molecule has 33 heavy (non-hydrogen) atoms. The summed E-state index contributed by atoms with van der Waals surface area (Å²) < 4.78 is 0. The first kappa shape index (κ1) is 21.6. The number of carbonyl (C=O) groups excluding carboxylic acids is 1. The zero-order valence-corrected chi connectivity index (χ0v) is 19.7. The van der Waals surface area contributed by atoms with Crippen LogP contribution in [-0.4, -0.2) is 21.6 Å². The number of benzene rings is 3. The molecule has 1 aromatic heterocycles. The summed E-state index contributed by atoms with van der Waals surface area (Å²) in [5.41, 5.74) is 6.47. The van der Waals surface area contributed by atoms with Gasteiger partial charge in [-0.15, -0.1) is 0 Å². The largest absolute Gasteiger partial charge is 0.273 e. The lowest BCUT2D eigenvalue weighted by atomic mass is 9.89. The number of fused-ring (bicyclic) bond motifs is 1. The highest BCUT2D eigenvalue weighted by Gasteiger charge is 2.34. The van der Waals surface area contributed by atoms with Gasteiger partial charge in [0.25, 0.3) is 0 Å². The molecule has 1 amide bonds. The number of hydrogen-bond acceptors (Lipinski definition) is 3. The first-order chi connectivity index (χ1) is 15.9. The van der Waals surface area contributed by atoms with Crippen molar-refractivity contribution in [2.24, 2.45) is 5.10 Å². The van der Waals surface area contributed by atoms with E-state index in [1.165, 1.54) is 11.9 Å². The van der Waals surface area contributed by atoms with Crippen molar-refractivity contribution in [2.75, 3.05) is 0 Å². The van der Waals surface area contributed by atoms with Crippen molar-refractivity contribution in [3.8, 4) is 11.1 Å². The number of halogens is 2. The SMILES string of the molecule is CC(=O)N1N=C(c2c(C)nc3ccccc3c2-c2ccc(Cl)cc2)CC1c1ccccc1Cl. The molecule has 1 aliphatic heterocycles. The average molecular weight is 474 g/mol. The lowest BCUT2D eigenvalue weighted by Gasteiger charge is -2.21. The van der Waals surface area contributed by atoms with Crippen molar-refractivity contribution in [2.45, 2.75) is 26.3 Å². The van der Waals surface area contributed by atoms with E-state index in [1.807, 2.05) is 73.7 Å². The quantitative estimate of drug-likeness (QED) is 0.315. The molecule has 3 aromatic carbocycles. The summed E-state index contributed by atoms with van der Waals surface area (Å²) >= 11 is 12.7. The monoisotopic (exact) mass is 473 g/mol. The van der Waals surface area contributed by atoms with E-state index in [1.54, 1.807) is 0 Å². The van der Waals surface area contributed by atoms with Crippen LogP contribution in [0.25, 0.3) is 22.0 Å². The molecule has 0 radical (unpaired) electrons. The van der Waals surface area contributed by atoms with Crippen LogP contribution in [0.3, 0.4) is 0 Å². The summed E-state index contributed by atoms with van der Waals surface area (Å²) in [6.45, 7) is 3.52. The highest BCUT2D eigenvalue weighted by Crippen LogP contribution is 2.40. The van der Waals surface area contributed by atoms with Crippen LogP contribution in [0, 0.1) is 6.92 Å². The smallest absolute Gasteiger partial charge is 0.240 e. The van der Waals surface area contributed by atoms with Gasteiger partial charge in [0.1, 0.15) is 0 Å². The molecule has 0 fully saturated rings. The molecule has 5 rings (SSSR count). The minimum atomic E-state index is -0.268. The molecule has 0 spiro atoms. The summed E-state index contributed by atoms with van der Waals surface area (Å²) in [6, 6.07) is 23.2. The Labute approximate surface area is 202 Å². The first-order valence-electron chi connectivity index (χ1n) is 10.7. The van der Waals surface area contributed by atoms with Crippen LogP contribution in [0.2, 0.25) is 10.0 Å². The van der Waals surface area contributed by atoms with Crippen molar-refractivity contribution in [1.82, 2.24) is 9.99 Å². The maximum absolute atomic E-state index is 12.6. The van der Waals surface area contributed by atoms with Crippen LogP contribution in [0.4, 0.5) is 0 Å². The van der Waals surface area contributed by atoms with Gasteiger partial charge in [0.2, 0.25) is 5.91 Å². The predicted octanol–water partition coefficient (Wildman–Crippen LogP) is 7.21. The summed E-state index contributed by atoms with van der Waals surface area (Å²) in [6.07, 6.45) is 0.546. The van der Waals surface area contributed by atoms with Crippen LogP contribution < -0.4 is 0 Å². The van der Waals surface area contributed by atoms with Gasteiger partial charge in [-0.05, 0) is 42.3 Å². The van der Waals surface area contributed by atoms with Gasteiger partial charge in [-0.25, -0.2) is 5.01 Å².